The monoisotopic (exact) mass is 378 g/mol. The molecule has 0 amide bonds. The smallest absolute Gasteiger partial charge is 0.429 e. The Morgan fingerprint density at radius 1 is 1.00 bits per heavy atom. The number of rotatable bonds is 6. The highest BCUT2D eigenvalue weighted by Crippen LogP contribution is 2.35. The van der Waals surface area contributed by atoms with Gasteiger partial charge in [0.2, 0.25) is 0 Å². The number of hydrogen-bond acceptors (Lipinski definition) is 6. The van der Waals surface area contributed by atoms with E-state index in [0.29, 0.717) is 23.3 Å². The first-order chi connectivity index (χ1) is 12.8. The highest BCUT2D eigenvalue weighted by Gasteiger charge is 2.34. The van der Waals surface area contributed by atoms with Gasteiger partial charge in [0.15, 0.2) is 0 Å². The van der Waals surface area contributed by atoms with Crippen molar-refractivity contribution < 1.29 is 29.1 Å². The zero-order valence-electron chi connectivity index (χ0n) is 16.8. The van der Waals surface area contributed by atoms with Gasteiger partial charge in [0.05, 0.1) is 10.6 Å². The van der Waals surface area contributed by atoms with Crippen molar-refractivity contribution in [3.63, 3.8) is 0 Å². The topological polar surface area (TPSA) is 71.1 Å². The molecule has 3 unspecified atom stereocenters. The molecule has 27 heavy (non-hydrogen) atoms. The molecule has 0 spiro atoms. The van der Waals surface area contributed by atoms with Crippen LogP contribution in [0.4, 0.5) is 4.79 Å². The Hall–Kier alpha value is -2.08. The fourth-order valence-corrected chi connectivity index (χ4v) is 3.52. The normalized spacial score (nSPS) is 22.6. The Bertz CT molecular complexity index is 622. The maximum atomic E-state index is 11.9. The molecule has 1 saturated carbocycles. The van der Waals surface area contributed by atoms with Gasteiger partial charge in [-0.3, -0.25) is 4.89 Å². The SMILES string of the molecule is CC1CCC(C(C)C)C(OC(=O)OOOC(=O)c2ccc(C(C)C)cc2)C1. The zero-order valence-corrected chi connectivity index (χ0v) is 16.8. The van der Waals surface area contributed by atoms with E-state index in [4.69, 9.17) is 4.74 Å². The van der Waals surface area contributed by atoms with Crippen LogP contribution in [0.1, 0.15) is 75.7 Å². The summed E-state index contributed by atoms with van der Waals surface area (Å²) in [6, 6.07) is 6.95. The third-order valence-electron chi connectivity index (χ3n) is 5.23. The van der Waals surface area contributed by atoms with Crippen molar-refractivity contribution in [2.75, 3.05) is 0 Å². The van der Waals surface area contributed by atoms with Crippen LogP contribution in [0.2, 0.25) is 0 Å². The maximum absolute atomic E-state index is 11.9. The van der Waals surface area contributed by atoms with E-state index in [2.05, 4.69) is 49.4 Å². The number of carbonyl (C=O) groups excluding carboxylic acids is 2. The highest BCUT2D eigenvalue weighted by atomic mass is 17.5. The molecule has 0 N–H and O–H groups in total. The lowest BCUT2D eigenvalue weighted by Gasteiger charge is -2.36. The van der Waals surface area contributed by atoms with E-state index in [0.717, 1.165) is 24.8 Å². The van der Waals surface area contributed by atoms with Gasteiger partial charge >= 0.3 is 12.1 Å². The largest absolute Gasteiger partial charge is 0.543 e. The van der Waals surface area contributed by atoms with Crippen molar-refractivity contribution in [2.24, 2.45) is 17.8 Å². The zero-order chi connectivity index (χ0) is 20.0. The molecular formula is C21H30O6. The van der Waals surface area contributed by atoms with E-state index >= 15 is 0 Å². The predicted molar refractivity (Wildman–Crippen MR) is 99.7 cm³/mol. The van der Waals surface area contributed by atoms with Crippen molar-refractivity contribution in [3.8, 4) is 0 Å². The van der Waals surface area contributed by atoms with Crippen LogP contribution in [-0.4, -0.2) is 18.2 Å². The molecule has 0 radical (unpaired) electrons. The van der Waals surface area contributed by atoms with Crippen molar-refractivity contribution in [3.05, 3.63) is 35.4 Å². The Morgan fingerprint density at radius 2 is 1.67 bits per heavy atom. The molecule has 1 aromatic carbocycles. The van der Waals surface area contributed by atoms with E-state index in [-0.39, 0.29) is 12.0 Å². The summed E-state index contributed by atoms with van der Waals surface area (Å²) in [6.07, 6.45) is 1.72. The third-order valence-corrected chi connectivity index (χ3v) is 5.23. The van der Waals surface area contributed by atoms with Crippen molar-refractivity contribution in [1.29, 1.82) is 0 Å². The van der Waals surface area contributed by atoms with Gasteiger partial charge in [-0.1, -0.05) is 53.2 Å². The molecule has 0 aromatic heterocycles. The van der Waals surface area contributed by atoms with Gasteiger partial charge in [0.25, 0.3) is 0 Å². The van der Waals surface area contributed by atoms with E-state index in [9.17, 15) is 9.59 Å². The minimum absolute atomic E-state index is 0.218. The van der Waals surface area contributed by atoms with Crippen LogP contribution in [0.25, 0.3) is 0 Å². The summed E-state index contributed by atoms with van der Waals surface area (Å²) in [5, 5.41) is 4.33. The Labute approximate surface area is 161 Å². The molecule has 6 nitrogen and oxygen atoms in total. The van der Waals surface area contributed by atoms with Gasteiger partial charge in [0, 0.05) is 0 Å². The molecule has 2 rings (SSSR count). The summed E-state index contributed by atoms with van der Waals surface area (Å²) in [4.78, 5) is 32.7. The van der Waals surface area contributed by atoms with E-state index < -0.39 is 12.1 Å². The molecule has 1 aromatic rings. The lowest BCUT2D eigenvalue weighted by molar-refractivity contribution is -0.453. The van der Waals surface area contributed by atoms with Gasteiger partial charge in [-0.25, -0.2) is 14.5 Å². The summed E-state index contributed by atoms with van der Waals surface area (Å²) in [7, 11) is 0. The Morgan fingerprint density at radius 3 is 2.26 bits per heavy atom. The van der Waals surface area contributed by atoms with Gasteiger partial charge in [0.1, 0.15) is 6.10 Å². The quantitative estimate of drug-likeness (QED) is 0.373. The van der Waals surface area contributed by atoms with Crippen LogP contribution < -0.4 is 0 Å². The second-order valence-electron chi connectivity index (χ2n) is 8.03. The molecular weight excluding hydrogens is 348 g/mol. The summed E-state index contributed by atoms with van der Waals surface area (Å²) in [5.74, 6) is 0.801. The van der Waals surface area contributed by atoms with Crippen molar-refractivity contribution >= 4 is 12.1 Å². The molecule has 0 saturated heterocycles. The predicted octanol–water partition coefficient (Wildman–Crippen LogP) is 5.43. The van der Waals surface area contributed by atoms with Crippen molar-refractivity contribution in [1.82, 2.24) is 0 Å². The molecule has 1 aliphatic carbocycles. The minimum atomic E-state index is -0.997. The molecule has 0 heterocycles. The van der Waals surface area contributed by atoms with Gasteiger partial charge in [-0.15, -0.1) is 0 Å². The minimum Gasteiger partial charge on any atom is -0.429 e. The summed E-state index contributed by atoms with van der Waals surface area (Å²) < 4.78 is 5.39. The standard InChI is InChI=1S/C21H30O6/c1-13(2)16-7-9-17(10-8-16)20(22)25-27-26-21(23)24-19-12-15(5)6-11-18(19)14(3)4/h7-10,13-15,18-19H,6,11-12H2,1-5H3. The average Bonchev–Trinajstić information content (AvgIpc) is 2.61. The van der Waals surface area contributed by atoms with Crippen LogP contribution in [0.15, 0.2) is 24.3 Å². The van der Waals surface area contributed by atoms with Crippen LogP contribution >= 0.6 is 0 Å². The Balaban J connectivity index is 1.78. The molecule has 0 bridgehead atoms. The third kappa shape index (κ3) is 6.24. The van der Waals surface area contributed by atoms with Crippen LogP contribution in [0, 0.1) is 17.8 Å². The number of benzene rings is 1. The number of ether oxygens (including phenoxy) is 1. The van der Waals surface area contributed by atoms with E-state index in [1.165, 1.54) is 0 Å². The van der Waals surface area contributed by atoms with E-state index in [1.54, 1.807) is 12.1 Å². The Kier molecular flexibility index (Phi) is 7.66. The highest BCUT2D eigenvalue weighted by molar-refractivity contribution is 5.88. The first kappa shape index (κ1) is 21.2. The number of hydrogen-bond donors (Lipinski definition) is 0. The lowest BCUT2D eigenvalue weighted by Crippen LogP contribution is -2.36. The molecule has 0 aliphatic heterocycles. The summed E-state index contributed by atoms with van der Waals surface area (Å²) in [5.41, 5.74) is 1.41. The molecule has 150 valence electrons. The van der Waals surface area contributed by atoms with Crippen LogP contribution in [0.3, 0.4) is 0 Å². The van der Waals surface area contributed by atoms with Crippen molar-refractivity contribution in [2.45, 2.75) is 65.9 Å². The summed E-state index contributed by atoms with van der Waals surface area (Å²) in [6.45, 7) is 10.5. The van der Waals surface area contributed by atoms with Gasteiger partial charge < -0.3 is 4.74 Å². The first-order valence-corrected chi connectivity index (χ1v) is 9.64. The van der Waals surface area contributed by atoms with Gasteiger partial charge in [-0.2, -0.15) is 0 Å². The fourth-order valence-electron chi connectivity index (χ4n) is 3.52. The van der Waals surface area contributed by atoms with Crippen LogP contribution in [-0.2, 0) is 19.6 Å². The summed E-state index contributed by atoms with van der Waals surface area (Å²) >= 11 is 0. The number of carbonyl (C=O) groups is 2. The molecule has 1 aliphatic rings. The second-order valence-corrected chi connectivity index (χ2v) is 8.03. The fraction of sp³-hybridized carbons (Fsp3) is 0.619. The van der Waals surface area contributed by atoms with E-state index in [1.807, 2.05) is 12.1 Å². The lowest BCUT2D eigenvalue weighted by atomic mass is 9.75. The van der Waals surface area contributed by atoms with Crippen LogP contribution in [0.5, 0.6) is 0 Å². The first-order valence-electron chi connectivity index (χ1n) is 9.64. The molecule has 6 heteroatoms. The maximum Gasteiger partial charge on any atom is 0.543 e. The second kappa shape index (κ2) is 9.74. The van der Waals surface area contributed by atoms with Gasteiger partial charge in [-0.05, 0) is 54.2 Å². The molecule has 1 fully saturated rings. The average molecular weight is 378 g/mol. The molecule has 3 atom stereocenters.